The van der Waals surface area contributed by atoms with Gasteiger partial charge in [0, 0.05) is 32.4 Å². The quantitative estimate of drug-likeness (QED) is 0.586. The fourth-order valence-electron chi connectivity index (χ4n) is 1.93. The molecule has 2 aromatic rings. The molecule has 0 radical (unpaired) electrons. The SMILES string of the molecule is Cc1cc(CC(NN)c2cn(C)cn2)n(C)n1. The largest absolute Gasteiger partial charge is 0.340 e. The van der Waals surface area contributed by atoms with Crippen LogP contribution in [0.3, 0.4) is 0 Å². The van der Waals surface area contributed by atoms with E-state index in [0.29, 0.717) is 0 Å². The summed E-state index contributed by atoms with van der Waals surface area (Å²) in [5.74, 6) is 5.59. The third-order valence-corrected chi connectivity index (χ3v) is 2.80. The van der Waals surface area contributed by atoms with Crippen molar-refractivity contribution in [2.75, 3.05) is 0 Å². The van der Waals surface area contributed by atoms with Gasteiger partial charge < -0.3 is 4.57 Å². The summed E-state index contributed by atoms with van der Waals surface area (Å²) in [6.45, 7) is 1.98. The van der Waals surface area contributed by atoms with Gasteiger partial charge in [0.1, 0.15) is 0 Å². The second-order valence-electron chi connectivity index (χ2n) is 4.29. The van der Waals surface area contributed by atoms with Crippen molar-refractivity contribution in [2.24, 2.45) is 19.9 Å². The molecule has 0 aromatic carbocycles. The summed E-state index contributed by atoms with van der Waals surface area (Å²) in [5.41, 5.74) is 5.89. The third kappa shape index (κ3) is 2.54. The maximum absolute atomic E-state index is 5.59. The average molecular weight is 234 g/mol. The van der Waals surface area contributed by atoms with Crippen molar-refractivity contribution in [3.63, 3.8) is 0 Å². The number of imidazole rings is 1. The molecule has 0 aliphatic rings. The molecular weight excluding hydrogens is 216 g/mol. The van der Waals surface area contributed by atoms with Gasteiger partial charge in [-0.1, -0.05) is 0 Å². The van der Waals surface area contributed by atoms with Crippen molar-refractivity contribution in [1.29, 1.82) is 0 Å². The zero-order valence-electron chi connectivity index (χ0n) is 10.4. The molecule has 0 saturated carbocycles. The second kappa shape index (κ2) is 4.68. The molecule has 6 nitrogen and oxygen atoms in total. The highest BCUT2D eigenvalue weighted by Gasteiger charge is 2.15. The number of hydrogen-bond acceptors (Lipinski definition) is 4. The standard InChI is InChI=1S/C11H18N6/c1-8-4-9(17(3)15-8)5-10(14-12)11-6-16(2)7-13-11/h4,6-7,10,14H,5,12H2,1-3H3. The van der Waals surface area contributed by atoms with E-state index in [-0.39, 0.29) is 6.04 Å². The van der Waals surface area contributed by atoms with Crippen LogP contribution < -0.4 is 11.3 Å². The van der Waals surface area contributed by atoms with E-state index in [1.807, 2.05) is 36.5 Å². The van der Waals surface area contributed by atoms with Crippen molar-refractivity contribution >= 4 is 0 Å². The first kappa shape index (κ1) is 11.8. The smallest absolute Gasteiger partial charge is 0.0947 e. The van der Waals surface area contributed by atoms with Crippen LogP contribution in [0.4, 0.5) is 0 Å². The van der Waals surface area contributed by atoms with Crippen molar-refractivity contribution in [1.82, 2.24) is 24.8 Å². The zero-order chi connectivity index (χ0) is 12.4. The van der Waals surface area contributed by atoms with Gasteiger partial charge in [0.2, 0.25) is 0 Å². The van der Waals surface area contributed by atoms with E-state index in [1.165, 1.54) is 0 Å². The highest BCUT2D eigenvalue weighted by Crippen LogP contribution is 2.16. The lowest BCUT2D eigenvalue weighted by Crippen LogP contribution is -2.30. The van der Waals surface area contributed by atoms with Crippen LogP contribution >= 0.6 is 0 Å². The van der Waals surface area contributed by atoms with Crippen LogP contribution in [0.2, 0.25) is 0 Å². The summed E-state index contributed by atoms with van der Waals surface area (Å²) >= 11 is 0. The maximum atomic E-state index is 5.59. The fraction of sp³-hybridized carbons (Fsp3) is 0.455. The van der Waals surface area contributed by atoms with E-state index < -0.39 is 0 Å². The number of nitrogens with one attached hydrogen (secondary N) is 1. The lowest BCUT2D eigenvalue weighted by atomic mass is 10.1. The first-order chi connectivity index (χ1) is 8.10. The number of aryl methyl sites for hydroxylation is 3. The Morgan fingerprint density at radius 3 is 2.71 bits per heavy atom. The molecular formula is C11H18N6. The van der Waals surface area contributed by atoms with Crippen molar-refractivity contribution in [3.8, 4) is 0 Å². The predicted molar refractivity (Wildman–Crippen MR) is 64.9 cm³/mol. The van der Waals surface area contributed by atoms with Crippen LogP contribution in [0.5, 0.6) is 0 Å². The van der Waals surface area contributed by atoms with E-state index in [0.717, 1.165) is 23.5 Å². The molecule has 6 heteroatoms. The van der Waals surface area contributed by atoms with Crippen LogP contribution in [0.25, 0.3) is 0 Å². The van der Waals surface area contributed by atoms with Crippen LogP contribution in [0.15, 0.2) is 18.6 Å². The third-order valence-electron chi connectivity index (χ3n) is 2.80. The average Bonchev–Trinajstić information content (AvgIpc) is 2.82. The van der Waals surface area contributed by atoms with Gasteiger partial charge in [0.15, 0.2) is 0 Å². The van der Waals surface area contributed by atoms with E-state index in [9.17, 15) is 0 Å². The first-order valence-corrected chi connectivity index (χ1v) is 5.53. The number of hydrazine groups is 1. The molecule has 0 aliphatic heterocycles. The van der Waals surface area contributed by atoms with E-state index in [1.54, 1.807) is 6.33 Å². The van der Waals surface area contributed by atoms with Gasteiger partial charge in [-0.3, -0.25) is 16.0 Å². The zero-order valence-corrected chi connectivity index (χ0v) is 10.4. The van der Waals surface area contributed by atoms with Crippen LogP contribution in [-0.2, 0) is 20.5 Å². The molecule has 0 bridgehead atoms. The summed E-state index contributed by atoms with van der Waals surface area (Å²) in [6.07, 6.45) is 4.51. The van der Waals surface area contributed by atoms with E-state index in [4.69, 9.17) is 5.84 Å². The monoisotopic (exact) mass is 234 g/mol. The minimum atomic E-state index is 0.00556. The molecule has 0 saturated heterocycles. The maximum Gasteiger partial charge on any atom is 0.0947 e. The Hall–Kier alpha value is -1.66. The topological polar surface area (TPSA) is 73.7 Å². The van der Waals surface area contributed by atoms with Crippen molar-refractivity contribution in [3.05, 3.63) is 35.7 Å². The Kier molecular flexibility index (Phi) is 3.26. The molecule has 2 aromatic heterocycles. The molecule has 3 N–H and O–H groups in total. The molecule has 0 spiro atoms. The Labute approximate surface area is 100 Å². The normalized spacial score (nSPS) is 12.9. The lowest BCUT2D eigenvalue weighted by Gasteiger charge is -2.13. The molecule has 1 atom stereocenters. The Balaban J connectivity index is 2.18. The Morgan fingerprint density at radius 2 is 2.24 bits per heavy atom. The van der Waals surface area contributed by atoms with E-state index in [2.05, 4.69) is 21.6 Å². The highest BCUT2D eigenvalue weighted by atomic mass is 15.3. The van der Waals surface area contributed by atoms with Crippen LogP contribution in [-0.4, -0.2) is 19.3 Å². The number of hydrogen-bond donors (Lipinski definition) is 2. The summed E-state index contributed by atoms with van der Waals surface area (Å²) in [7, 11) is 3.88. The van der Waals surface area contributed by atoms with Gasteiger partial charge in [-0.25, -0.2) is 4.98 Å². The molecule has 92 valence electrons. The van der Waals surface area contributed by atoms with E-state index >= 15 is 0 Å². The minimum Gasteiger partial charge on any atom is -0.340 e. The molecule has 2 rings (SSSR count). The summed E-state index contributed by atoms with van der Waals surface area (Å²) in [4.78, 5) is 4.31. The number of nitrogens with zero attached hydrogens (tertiary/aromatic N) is 4. The number of nitrogens with two attached hydrogens (primary N) is 1. The molecule has 0 fully saturated rings. The summed E-state index contributed by atoms with van der Waals surface area (Å²) in [6, 6.07) is 2.07. The molecule has 1 unspecified atom stereocenters. The van der Waals surface area contributed by atoms with Crippen LogP contribution in [0, 0.1) is 6.92 Å². The number of rotatable bonds is 4. The lowest BCUT2D eigenvalue weighted by molar-refractivity contribution is 0.520. The first-order valence-electron chi connectivity index (χ1n) is 5.53. The van der Waals surface area contributed by atoms with Gasteiger partial charge in [-0.2, -0.15) is 5.10 Å². The van der Waals surface area contributed by atoms with Gasteiger partial charge >= 0.3 is 0 Å². The molecule has 17 heavy (non-hydrogen) atoms. The van der Waals surface area contributed by atoms with Gasteiger partial charge in [-0.05, 0) is 13.0 Å². The number of aromatic nitrogens is 4. The minimum absolute atomic E-state index is 0.00556. The molecule has 2 heterocycles. The van der Waals surface area contributed by atoms with Crippen molar-refractivity contribution < 1.29 is 0 Å². The Morgan fingerprint density at radius 1 is 1.47 bits per heavy atom. The fourth-order valence-corrected chi connectivity index (χ4v) is 1.93. The van der Waals surface area contributed by atoms with Crippen molar-refractivity contribution in [2.45, 2.75) is 19.4 Å². The second-order valence-corrected chi connectivity index (χ2v) is 4.29. The van der Waals surface area contributed by atoms with Gasteiger partial charge in [0.05, 0.1) is 23.8 Å². The highest BCUT2D eigenvalue weighted by molar-refractivity contribution is 5.14. The van der Waals surface area contributed by atoms with Gasteiger partial charge in [-0.15, -0.1) is 0 Å². The summed E-state index contributed by atoms with van der Waals surface area (Å²) < 4.78 is 3.79. The van der Waals surface area contributed by atoms with Crippen LogP contribution in [0.1, 0.15) is 23.1 Å². The molecule has 0 aliphatic carbocycles. The Bertz CT molecular complexity index is 498. The predicted octanol–water partition coefficient (Wildman–Crippen LogP) is 0.209. The summed E-state index contributed by atoms with van der Waals surface area (Å²) in [5, 5.41) is 4.32. The molecule has 0 amide bonds. The van der Waals surface area contributed by atoms with Gasteiger partial charge in [0.25, 0.3) is 0 Å².